The first-order valence-corrected chi connectivity index (χ1v) is 2.82. The number of rotatable bonds is 1. The van der Waals surface area contributed by atoms with Crippen LogP contribution in [-0.2, 0) is 4.74 Å². The third-order valence-corrected chi connectivity index (χ3v) is 1.20. The van der Waals surface area contributed by atoms with E-state index in [-0.39, 0.29) is 6.04 Å². The maximum Gasteiger partial charge on any atom is 0.213 e. The van der Waals surface area contributed by atoms with Crippen LogP contribution >= 0.6 is 0 Å². The van der Waals surface area contributed by atoms with Gasteiger partial charge in [0.15, 0.2) is 0 Å². The second-order valence-electron chi connectivity index (χ2n) is 1.96. The fourth-order valence-electron chi connectivity index (χ4n) is 0.765. The average molecular weight is 127 g/mol. The summed E-state index contributed by atoms with van der Waals surface area (Å²) in [6.45, 7) is 0.505. The molecule has 0 bridgehead atoms. The first-order chi connectivity index (χ1) is 4.33. The first kappa shape index (κ1) is 6.56. The molecule has 2 atom stereocenters. The molecule has 50 valence electrons. The van der Waals surface area contributed by atoms with Gasteiger partial charge < -0.3 is 9.84 Å². The zero-order chi connectivity index (χ0) is 6.69. The Morgan fingerprint density at radius 3 is 3.11 bits per heavy atom. The van der Waals surface area contributed by atoms with Crippen molar-refractivity contribution < 1.29 is 9.84 Å². The van der Waals surface area contributed by atoms with E-state index < -0.39 is 6.41 Å². The van der Waals surface area contributed by atoms with Crippen LogP contribution in [-0.4, -0.2) is 24.2 Å². The van der Waals surface area contributed by atoms with E-state index >= 15 is 0 Å². The predicted octanol–water partition coefficient (Wildman–Crippen LogP) is -0.726. The molecule has 1 aliphatic heterocycles. The molecule has 1 rings (SSSR count). The van der Waals surface area contributed by atoms with Gasteiger partial charge in [-0.25, -0.2) is 0 Å². The zero-order valence-electron chi connectivity index (χ0n) is 5.00. The summed E-state index contributed by atoms with van der Waals surface area (Å²) < 4.78 is 4.77. The highest BCUT2D eigenvalue weighted by Gasteiger charge is 2.20. The largest absolute Gasteiger partial charge is 0.356 e. The van der Waals surface area contributed by atoms with Gasteiger partial charge in [0.2, 0.25) is 6.41 Å². The molecule has 0 aliphatic carbocycles. The van der Waals surface area contributed by atoms with Crippen molar-refractivity contribution in [2.24, 2.45) is 0 Å². The van der Waals surface area contributed by atoms with E-state index in [1.165, 1.54) is 0 Å². The van der Waals surface area contributed by atoms with Gasteiger partial charge >= 0.3 is 0 Å². The van der Waals surface area contributed by atoms with Crippen LogP contribution in [0, 0.1) is 12.3 Å². The van der Waals surface area contributed by atoms with Gasteiger partial charge in [-0.05, 0) is 0 Å². The van der Waals surface area contributed by atoms with Crippen LogP contribution in [0.5, 0.6) is 0 Å². The highest BCUT2D eigenvalue weighted by atomic mass is 16.6. The third-order valence-electron chi connectivity index (χ3n) is 1.20. The minimum Gasteiger partial charge on any atom is -0.356 e. The van der Waals surface area contributed by atoms with Crippen molar-refractivity contribution in [3.05, 3.63) is 0 Å². The van der Waals surface area contributed by atoms with Crippen molar-refractivity contribution in [3.63, 3.8) is 0 Å². The molecule has 1 aliphatic rings. The standard InChI is InChI=1S/C6H9NO2/c1-2-3-5-4-9-6(8)7-5/h1,5-8H,3-4H2. The molecule has 1 heterocycles. The zero-order valence-corrected chi connectivity index (χ0v) is 5.00. The smallest absolute Gasteiger partial charge is 0.213 e. The Kier molecular flexibility index (Phi) is 2.06. The molecule has 3 nitrogen and oxygen atoms in total. The molecule has 0 spiro atoms. The lowest BCUT2D eigenvalue weighted by molar-refractivity contribution is -0.0719. The number of terminal acetylenes is 1. The number of aliphatic hydroxyl groups excluding tert-OH is 1. The molecule has 1 fully saturated rings. The quantitative estimate of drug-likeness (QED) is 0.456. The summed E-state index contributed by atoms with van der Waals surface area (Å²) in [4.78, 5) is 0. The normalized spacial score (nSPS) is 34.2. The monoisotopic (exact) mass is 127 g/mol. The lowest BCUT2D eigenvalue weighted by atomic mass is 10.2. The Hall–Kier alpha value is -0.560. The van der Waals surface area contributed by atoms with E-state index in [9.17, 15) is 0 Å². The maximum atomic E-state index is 8.72. The molecule has 0 radical (unpaired) electrons. The van der Waals surface area contributed by atoms with E-state index in [2.05, 4.69) is 11.2 Å². The first-order valence-electron chi connectivity index (χ1n) is 2.82. The fraction of sp³-hybridized carbons (Fsp3) is 0.667. The van der Waals surface area contributed by atoms with Crippen LogP contribution in [0.15, 0.2) is 0 Å². The summed E-state index contributed by atoms with van der Waals surface area (Å²) in [5, 5.41) is 11.5. The van der Waals surface area contributed by atoms with E-state index in [0.717, 1.165) is 0 Å². The molecular formula is C6H9NO2. The van der Waals surface area contributed by atoms with Gasteiger partial charge in [-0.15, -0.1) is 12.3 Å². The molecule has 0 aromatic heterocycles. The summed E-state index contributed by atoms with van der Waals surface area (Å²) in [5.74, 6) is 2.48. The highest BCUT2D eigenvalue weighted by molar-refractivity contribution is 4.90. The minimum absolute atomic E-state index is 0.130. The topological polar surface area (TPSA) is 41.5 Å². The van der Waals surface area contributed by atoms with Gasteiger partial charge in [0.05, 0.1) is 6.61 Å². The summed E-state index contributed by atoms with van der Waals surface area (Å²) in [7, 11) is 0. The highest BCUT2D eigenvalue weighted by Crippen LogP contribution is 2.02. The van der Waals surface area contributed by atoms with Gasteiger partial charge in [0.25, 0.3) is 0 Å². The maximum absolute atomic E-state index is 8.72. The van der Waals surface area contributed by atoms with Gasteiger partial charge in [0.1, 0.15) is 0 Å². The van der Waals surface area contributed by atoms with Crippen molar-refractivity contribution in [2.45, 2.75) is 18.9 Å². The van der Waals surface area contributed by atoms with Crippen molar-refractivity contribution in [2.75, 3.05) is 6.61 Å². The predicted molar refractivity (Wildman–Crippen MR) is 32.3 cm³/mol. The average Bonchev–Trinajstić information content (AvgIpc) is 2.17. The van der Waals surface area contributed by atoms with Crippen LogP contribution in [0.3, 0.4) is 0 Å². The van der Waals surface area contributed by atoms with E-state index in [1.54, 1.807) is 0 Å². The molecule has 9 heavy (non-hydrogen) atoms. The summed E-state index contributed by atoms with van der Waals surface area (Å²) >= 11 is 0. The SMILES string of the molecule is C#CCC1COC(O)N1. The lowest BCUT2D eigenvalue weighted by Crippen LogP contribution is -2.29. The van der Waals surface area contributed by atoms with Crippen LogP contribution in [0.25, 0.3) is 0 Å². The van der Waals surface area contributed by atoms with Crippen molar-refractivity contribution in [1.29, 1.82) is 0 Å². The molecule has 0 amide bonds. The Morgan fingerprint density at radius 1 is 1.89 bits per heavy atom. The molecule has 2 unspecified atom stereocenters. The van der Waals surface area contributed by atoms with E-state index in [4.69, 9.17) is 16.3 Å². The Balaban J connectivity index is 2.24. The van der Waals surface area contributed by atoms with Crippen LogP contribution in [0.2, 0.25) is 0 Å². The molecule has 0 aromatic carbocycles. The van der Waals surface area contributed by atoms with Crippen molar-refractivity contribution in [1.82, 2.24) is 5.32 Å². The summed E-state index contributed by atoms with van der Waals surface area (Å²) in [6.07, 6.45) is 4.82. The minimum atomic E-state index is -0.816. The van der Waals surface area contributed by atoms with Gasteiger partial charge in [-0.1, -0.05) is 0 Å². The van der Waals surface area contributed by atoms with Crippen molar-refractivity contribution in [3.8, 4) is 12.3 Å². The summed E-state index contributed by atoms with van der Waals surface area (Å²) in [6, 6.07) is 0.130. The molecule has 0 aromatic rings. The Morgan fingerprint density at radius 2 is 2.67 bits per heavy atom. The van der Waals surface area contributed by atoms with Crippen LogP contribution in [0.4, 0.5) is 0 Å². The molecule has 1 saturated heterocycles. The van der Waals surface area contributed by atoms with Gasteiger partial charge in [-0.2, -0.15) is 0 Å². The van der Waals surface area contributed by atoms with Gasteiger partial charge in [-0.3, -0.25) is 5.32 Å². The van der Waals surface area contributed by atoms with E-state index in [1.807, 2.05) is 0 Å². The summed E-state index contributed by atoms with van der Waals surface area (Å²) in [5.41, 5.74) is 0. The number of aliphatic hydroxyl groups is 1. The Bertz CT molecular complexity index is 130. The number of hydrogen-bond donors (Lipinski definition) is 2. The number of nitrogens with one attached hydrogen (secondary N) is 1. The van der Waals surface area contributed by atoms with Crippen LogP contribution < -0.4 is 5.32 Å². The third kappa shape index (κ3) is 1.68. The van der Waals surface area contributed by atoms with E-state index in [0.29, 0.717) is 13.0 Å². The number of hydrogen-bond acceptors (Lipinski definition) is 3. The lowest BCUT2D eigenvalue weighted by Gasteiger charge is -2.01. The second kappa shape index (κ2) is 2.83. The molecular weight excluding hydrogens is 118 g/mol. The second-order valence-corrected chi connectivity index (χ2v) is 1.96. The Labute approximate surface area is 54.0 Å². The van der Waals surface area contributed by atoms with Crippen molar-refractivity contribution >= 4 is 0 Å². The van der Waals surface area contributed by atoms with Crippen LogP contribution in [0.1, 0.15) is 6.42 Å². The van der Waals surface area contributed by atoms with Gasteiger partial charge in [0, 0.05) is 12.5 Å². The number of ether oxygens (including phenoxy) is 1. The fourth-order valence-corrected chi connectivity index (χ4v) is 0.765. The molecule has 0 saturated carbocycles. The molecule has 2 N–H and O–H groups in total. The molecule has 3 heteroatoms.